The number of aryl methyl sites for hydroxylation is 4. The van der Waals surface area contributed by atoms with Crippen LogP contribution in [0.2, 0.25) is 0 Å². The Hall–Kier alpha value is -2.61. The van der Waals surface area contributed by atoms with Crippen LogP contribution < -0.4 is 5.32 Å². The van der Waals surface area contributed by atoms with E-state index in [9.17, 15) is 0 Å². The Morgan fingerprint density at radius 3 is 1.70 bits per heavy atom. The fourth-order valence-electron chi connectivity index (χ4n) is 2.64. The lowest BCUT2D eigenvalue weighted by atomic mass is 10.1. The smallest absolute Gasteiger partial charge is 0.0930 e. The normalized spacial score (nSPS) is 10.8. The summed E-state index contributed by atoms with van der Waals surface area (Å²) in [7, 11) is 0. The van der Waals surface area contributed by atoms with Gasteiger partial charge in [-0.3, -0.25) is 0 Å². The van der Waals surface area contributed by atoms with Gasteiger partial charge in [0, 0.05) is 11.3 Å². The van der Waals surface area contributed by atoms with Gasteiger partial charge in [0.05, 0.1) is 12.0 Å². The molecule has 1 N–H and O–H groups in total. The maximum atomic E-state index is 4.40. The predicted molar refractivity (Wildman–Crippen MR) is 102 cm³/mol. The zero-order valence-corrected chi connectivity index (χ0v) is 14.4. The van der Waals surface area contributed by atoms with Crippen molar-refractivity contribution >= 4 is 17.7 Å². The van der Waals surface area contributed by atoms with Crippen molar-refractivity contribution in [3.63, 3.8) is 0 Å². The van der Waals surface area contributed by atoms with Crippen molar-refractivity contribution in [2.24, 2.45) is 4.99 Å². The van der Waals surface area contributed by atoms with Crippen LogP contribution in [0.25, 0.3) is 11.4 Å². The molecule has 0 aliphatic carbocycles. The molecule has 0 aliphatic heterocycles. The molecule has 2 rings (SSSR count). The zero-order chi connectivity index (χ0) is 17.0. The SMILES string of the molecule is C=C(N=CNC(=C)c1cc(C)cc(C)c1)c1cc(C)cc(C)c1. The van der Waals surface area contributed by atoms with Gasteiger partial charge in [-0.05, 0) is 57.5 Å². The van der Waals surface area contributed by atoms with Gasteiger partial charge in [-0.1, -0.05) is 47.5 Å². The van der Waals surface area contributed by atoms with E-state index < -0.39 is 0 Å². The Kier molecular flexibility index (Phi) is 5.17. The van der Waals surface area contributed by atoms with Crippen molar-refractivity contribution in [1.29, 1.82) is 0 Å². The molecule has 0 aromatic heterocycles. The summed E-state index contributed by atoms with van der Waals surface area (Å²) in [5.41, 5.74) is 8.54. The molecule has 0 saturated carbocycles. The van der Waals surface area contributed by atoms with Crippen LogP contribution >= 0.6 is 0 Å². The van der Waals surface area contributed by atoms with E-state index in [1.54, 1.807) is 6.34 Å². The van der Waals surface area contributed by atoms with Crippen LogP contribution in [0.3, 0.4) is 0 Å². The number of benzene rings is 2. The molecule has 118 valence electrons. The van der Waals surface area contributed by atoms with Crippen LogP contribution in [0.4, 0.5) is 0 Å². The second kappa shape index (κ2) is 7.10. The van der Waals surface area contributed by atoms with Crippen molar-refractivity contribution in [2.45, 2.75) is 27.7 Å². The molecular formula is C21H24N2. The number of rotatable bonds is 5. The first-order chi connectivity index (χ1) is 10.8. The van der Waals surface area contributed by atoms with Gasteiger partial charge in [-0.2, -0.15) is 0 Å². The van der Waals surface area contributed by atoms with E-state index in [0.29, 0.717) is 0 Å². The first-order valence-corrected chi connectivity index (χ1v) is 7.69. The first kappa shape index (κ1) is 16.8. The highest BCUT2D eigenvalue weighted by Gasteiger charge is 2.01. The van der Waals surface area contributed by atoms with Crippen molar-refractivity contribution in [1.82, 2.24) is 5.32 Å². The van der Waals surface area contributed by atoms with E-state index in [1.807, 2.05) is 0 Å². The van der Waals surface area contributed by atoms with E-state index in [1.165, 1.54) is 22.3 Å². The second-order valence-electron chi connectivity index (χ2n) is 6.08. The van der Waals surface area contributed by atoms with Gasteiger partial charge in [0.2, 0.25) is 0 Å². The molecule has 0 heterocycles. The lowest BCUT2D eigenvalue weighted by molar-refractivity contribution is 1.29. The fourth-order valence-corrected chi connectivity index (χ4v) is 2.64. The monoisotopic (exact) mass is 304 g/mol. The third kappa shape index (κ3) is 4.68. The summed E-state index contributed by atoms with van der Waals surface area (Å²) in [6.07, 6.45) is 1.65. The lowest BCUT2D eigenvalue weighted by Gasteiger charge is -2.08. The second-order valence-corrected chi connectivity index (χ2v) is 6.08. The summed E-state index contributed by atoms with van der Waals surface area (Å²) in [5, 5.41) is 3.14. The Labute approximate surface area is 139 Å². The largest absolute Gasteiger partial charge is 0.346 e. The highest BCUT2D eigenvalue weighted by atomic mass is 14.9. The molecule has 0 spiro atoms. The summed E-state index contributed by atoms with van der Waals surface area (Å²) >= 11 is 0. The molecule has 2 nitrogen and oxygen atoms in total. The third-order valence-electron chi connectivity index (χ3n) is 3.58. The van der Waals surface area contributed by atoms with Gasteiger partial charge >= 0.3 is 0 Å². The molecule has 0 radical (unpaired) electrons. The molecule has 0 aliphatic rings. The zero-order valence-electron chi connectivity index (χ0n) is 14.4. The van der Waals surface area contributed by atoms with E-state index in [-0.39, 0.29) is 0 Å². The molecule has 2 aromatic rings. The molecule has 0 bridgehead atoms. The topological polar surface area (TPSA) is 24.4 Å². The Balaban J connectivity index is 2.05. The van der Waals surface area contributed by atoms with Gasteiger partial charge in [0.25, 0.3) is 0 Å². The molecule has 0 unspecified atom stereocenters. The van der Waals surface area contributed by atoms with Crippen molar-refractivity contribution in [2.75, 3.05) is 0 Å². The van der Waals surface area contributed by atoms with E-state index in [2.05, 4.69) is 87.6 Å². The van der Waals surface area contributed by atoms with Gasteiger partial charge in [0.15, 0.2) is 0 Å². The quantitative estimate of drug-likeness (QED) is 0.597. The molecule has 0 fully saturated rings. The van der Waals surface area contributed by atoms with Crippen LogP contribution in [-0.2, 0) is 0 Å². The Morgan fingerprint density at radius 1 is 0.783 bits per heavy atom. The highest BCUT2D eigenvalue weighted by Crippen LogP contribution is 2.18. The van der Waals surface area contributed by atoms with Crippen LogP contribution in [0.15, 0.2) is 54.5 Å². The average molecular weight is 304 g/mol. The van der Waals surface area contributed by atoms with Crippen LogP contribution in [0.1, 0.15) is 33.4 Å². The van der Waals surface area contributed by atoms with E-state index >= 15 is 0 Å². The van der Waals surface area contributed by atoms with Crippen LogP contribution in [-0.4, -0.2) is 6.34 Å². The van der Waals surface area contributed by atoms with Crippen LogP contribution in [0.5, 0.6) is 0 Å². The number of nitrogens with zero attached hydrogens (tertiary/aromatic N) is 1. The van der Waals surface area contributed by atoms with Crippen molar-refractivity contribution in [3.8, 4) is 0 Å². The average Bonchev–Trinajstić information content (AvgIpc) is 2.44. The molecule has 0 saturated heterocycles. The van der Waals surface area contributed by atoms with Crippen LogP contribution in [0, 0.1) is 27.7 Å². The predicted octanol–water partition coefficient (Wildman–Crippen LogP) is 5.18. The molecule has 0 amide bonds. The maximum absolute atomic E-state index is 4.40. The summed E-state index contributed by atoms with van der Waals surface area (Å²) < 4.78 is 0. The Bertz CT molecular complexity index is 742. The first-order valence-electron chi connectivity index (χ1n) is 7.69. The summed E-state index contributed by atoms with van der Waals surface area (Å²) in [6.45, 7) is 16.4. The van der Waals surface area contributed by atoms with Gasteiger partial charge in [0.1, 0.15) is 0 Å². The number of nitrogens with one attached hydrogen (secondary N) is 1. The minimum Gasteiger partial charge on any atom is -0.346 e. The number of hydrogen-bond donors (Lipinski definition) is 1. The molecular weight excluding hydrogens is 280 g/mol. The molecule has 0 atom stereocenters. The summed E-state index contributed by atoms with van der Waals surface area (Å²) in [4.78, 5) is 4.40. The van der Waals surface area contributed by atoms with E-state index in [0.717, 1.165) is 22.5 Å². The maximum Gasteiger partial charge on any atom is 0.0930 e. The van der Waals surface area contributed by atoms with Gasteiger partial charge in [-0.25, -0.2) is 4.99 Å². The lowest BCUT2D eigenvalue weighted by Crippen LogP contribution is -2.08. The molecule has 23 heavy (non-hydrogen) atoms. The van der Waals surface area contributed by atoms with Crippen molar-refractivity contribution < 1.29 is 0 Å². The van der Waals surface area contributed by atoms with Crippen molar-refractivity contribution in [3.05, 3.63) is 82.9 Å². The van der Waals surface area contributed by atoms with Gasteiger partial charge in [-0.15, -0.1) is 0 Å². The minimum absolute atomic E-state index is 0.734. The number of aliphatic imine (C=N–C) groups is 1. The third-order valence-corrected chi connectivity index (χ3v) is 3.58. The highest BCUT2D eigenvalue weighted by molar-refractivity contribution is 5.79. The molecule has 2 aromatic carbocycles. The van der Waals surface area contributed by atoms with Gasteiger partial charge < -0.3 is 5.32 Å². The standard InChI is InChI=1S/C21H24N2/c1-14-7-15(2)10-20(9-14)18(5)22-13-23-19(6)21-11-16(3)8-17(4)12-21/h7-13H,5-6H2,1-4H3,(H,22,23). The Morgan fingerprint density at radius 2 is 1.22 bits per heavy atom. The minimum atomic E-state index is 0.734. The summed E-state index contributed by atoms with van der Waals surface area (Å²) in [5.74, 6) is 0. The molecule has 2 heteroatoms. The number of hydrogen-bond acceptors (Lipinski definition) is 1. The summed E-state index contributed by atoms with van der Waals surface area (Å²) in [6, 6.07) is 12.7. The fraction of sp³-hybridized carbons (Fsp3) is 0.190. The van der Waals surface area contributed by atoms with E-state index in [4.69, 9.17) is 0 Å².